The molecule has 1 unspecified atom stereocenters. The predicted molar refractivity (Wildman–Crippen MR) is 106 cm³/mol. The van der Waals surface area contributed by atoms with Crippen molar-refractivity contribution in [3.63, 3.8) is 0 Å². The van der Waals surface area contributed by atoms with Crippen molar-refractivity contribution >= 4 is 15.9 Å². The van der Waals surface area contributed by atoms with Gasteiger partial charge in [0.05, 0.1) is 4.90 Å². The third-order valence-electron chi connectivity index (χ3n) is 4.65. The van der Waals surface area contributed by atoms with Gasteiger partial charge in [-0.1, -0.05) is 12.1 Å². The minimum Gasteiger partial charge on any atom is -0.338 e. The van der Waals surface area contributed by atoms with Crippen LogP contribution in [-0.4, -0.2) is 37.9 Å². The zero-order valence-corrected chi connectivity index (χ0v) is 17.1. The number of carbonyl (C=O) groups excluding carboxylic acids is 1. The van der Waals surface area contributed by atoms with Crippen molar-refractivity contribution in [2.75, 3.05) is 13.1 Å². The summed E-state index contributed by atoms with van der Waals surface area (Å²) >= 11 is 0. The molecule has 0 radical (unpaired) electrons. The summed E-state index contributed by atoms with van der Waals surface area (Å²) in [4.78, 5) is 14.6. The lowest BCUT2D eigenvalue weighted by molar-refractivity contribution is 0.0790. The highest BCUT2D eigenvalue weighted by atomic mass is 32.2. The first-order valence-corrected chi connectivity index (χ1v) is 10.7. The molecule has 3 rings (SSSR count). The van der Waals surface area contributed by atoms with E-state index in [1.165, 1.54) is 36.4 Å². The number of likely N-dealkylation sites (tertiary alicyclic amines) is 1. The molecule has 0 aromatic heterocycles. The van der Waals surface area contributed by atoms with Gasteiger partial charge in [0.15, 0.2) is 0 Å². The number of nitrogens with zero attached hydrogens (tertiary/aromatic N) is 1. The van der Waals surface area contributed by atoms with Gasteiger partial charge in [0.25, 0.3) is 5.91 Å². The Labute approximate surface area is 165 Å². The number of rotatable bonds is 4. The number of nitrogens with one attached hydrogen (secondary N) is 1. The Morgan fingerprint density at radius 2 is 1.82 bits per heavy atom. The fraction of sp³-hybridized carbons (Fsp3) is 0.381. The maximum Gasteiger partial charge on any atom is 0.253 e. The number of carbonyl (C=O) groups is 1. The van der Waals surface area contributed by atoms with E-state index < -0.39 is 15.6 Å². The van der Waals surface area contributed by atoms with Gasteiger partial charge in [0, 0.05) is 30.1 Å². The number of sulfonamides is 1. The molecule has 1 aliphatic heterocycles. The van der Waals surface area contributed by atoms with Gasteiger partial charge in [-0.25, -0.2) is 17.5 Å². The van der Waals surface area contributed by atoms with Gasteiger partial charge in [0.2, 0.25) is 10.0 Å². The van der Waals surface area contributed by atoms with Crippen LogP contribution in [0.2, 0.25) is 0 Å². The highest BCUT2D eigenvalue weighted by molar-refractivity contribution is 7.89. The van der Waals surface area contributed by atoms with Crippen molar-refractivity contribution in [3.05, 3.63) is 65.5 Å². The molecule has 2 aromatic rings. The number of hydrogen-bond donors (Lipinski definition) is 1. The Morgan fingerprint density at radius 1 is 1.14 bits per heavy atom. The zero-order chi connectivity index (χ0) is 20.5. The van der Waals surface area contributed by atoms with Gasteiger partial charge in [-0.3, -0.25) is 4.79 Å². The van der Waals surface area contributed by atoms with Crippen molar-refractivity contribution in [2.45, 2.75) is 43.5 Å². The van der Waals surface area contributed by atoms with Crippen LogP contribution in [-0.2, 0) is 10.0 Å². The molecule has 150 valence electrons. The second-order valence-corrected chi connectivity index (χ2v) is 9.85. The minimum atomic E-state index is -3.64. The zero-order valence-electron chi connectivity index (χ0n) is 16.3. The third-order valence-corrected chi connectivity index (χ3v) is 6.42. The molecule has 1 amide bonds. The molecule has 0 bridgehead atoms. The van der Waals surface area contributed by atoms with E-state index in [0.29, 0.717) is 18.7 Å². The fourth-order valence-corrected chi connectivity index (χ4v) is 4.82. The van der Waals surface area contributed by atoms with E-state index in [-0.39, 0.29) is 22.5 Å². The minimum absolute atomic E-state index is 0.107. The van der Waals surface area contributed by atoms with E-state index in [1.54, 1.807) is 31.7 Å². The molecule has 7 heteroatoms. The summed E-state index contributed by atoms with van der Waals surface area (Å²) in [6, 6.07) is 12.4. The standard InChI is InChI=1S/C21H25FN2O3S/c1-21(2,3)23-28(26,27)19-9-7-15(8-10-19)20(25)24-12-11-17(14-24)16-5-4-6-18(22)13-16/h4-10,13,17,23H,11-12,14H2,1-3H3. The van der Waals surface area contributed by atoms with Crippen LogP contribution in [0.3, 0.4) is 0 Å². The topological polar surface area (TPSA) is 66.5 Å². The lowest BCUT2D eigenvalue weighted by Crippen LogP contribution is -2.40. The van der Waals surface area contributed by atoms with Crippen LogP contribution in [0.5, 0.6) is 0 Å². The average Bonchev–Trinajstić information content (AvgIpc) is 3.09. The molecule has 1 N–H and O–H groups in total. The van der Waals surface area contributed by atoms with E-state index in [4.69, 9.17) is 0 Å². The molecule has 1 saturated heterocycles. The maximum atomic E-state index is 13.4. The molecule has 0 aliphatic carbocycles. The number of hydrogen-bond acceptors (Lipinski definition) is 3. The Morgan fingerprint density at radius 3 is 2.43 bits per heavy atom. The molecule has 0 spiro atoms. The Kier molecular flexibility index (Phi) is 5.59. The first-order chi connectivity index (χ1) is 13.0. The largest absolute Gasteiger partial charge is 0.338 e. The maximum absolute atomic E-state index is 13.4. The monoisotopic (exact) mass is 404 g/mol. The summed E-state index contributed by atoms with van der Waals surface area (Å²) in [5, 5.41) is 0. The molecule has 5 nitrogen and oxygen atoms in total. The molecule has 1 atom stereocenters. The van der Waals surface area contributed by atoms with Gasteiger partial charge in [-0.2, -0.15) is 0 Å². The van der Waals surface area contributed by atoms with Crippen LogP contribution < -0.4 is 4.72 Å². The number of amides is 1. The smallest absolute Gasteiger partial charge is 0.253 e. The van der Waals surface area contributed by atoms with E-state index in [1.807, 2.05) is 6.07 Å². The molecule has 1 heterocycles. The van der Waals surface area contributed by atoms with Crippen molar-refractivity contribution < 1.29 is 17.6 Å². The summed E-state index contributed by atoms with van der Waals surface area (Å²) in [6.07, 6.45) is 0.775. The summed E-state index contributed by atoms with van der Waals surface area (Å²) in [6.45, 7) is 6.42. The molecule has 0 saturated carbocycles. The molecular weight excluding hydrogens is 379 g/mol. The highest BCUT2D eigenvalue weighted by Gasteiger charge is 2.28. The fourth-order valence-electron chi connectivity index (χ4n) is 3.40. The lowest BCUT2D eigenvalue weighted by atomic mass is 9.98. The SMILES string of the molecule is CC(C)(C)NS(=O)(=O)c1ccc(C(=O)N2CCC(c3cccc(F)c3)C2)cc1. The quantitative estimate of drug-likeness (QED) is 0.848. The second-order valence-electron chi connectivity index (χ2n) is 8.17. The molecule has 1 aliphatic rings. The summed E-state index contributed by atoms with van der Waals surface area (Å²) < 4.78 is 40.8. The van der Waals surface area contributed by atoms with E-state index >= 15 is 0 Å². The van der Waals surface area contributed by atoms with Crippen LogP contribution in [0, 0.1) is 5.82 Å². The molecule has 28 heavy (non-hydrogen) atoms. The third kappa shape index (κ3) is 4.77. The van der Waals surface area contributed by atoms with Gasteiger partial charge >= 0.3 is 0 Å². The average molecular weight is 405 g/mol. The first kappa shape index (κ1) is 20.5. The van der Waals surface area contributed by atoms with Gasteiger partial charge in [-0.15, -0.1) is 0 Å². The molecular formula is C21H25FN2O3S. The Bertz CT molecular complexity index is 966. The number of benzene rings is 2. The summed E-state index contributed by atoms with van der Waals surface area (Å²) in [5.74, 6) is -0.315. The first-order valence-electron chi connectivity index (χ1n) is 9.24. The van der Waals surface area contributed by atoms with Crippen LogP contribution in [0.25, 0.3) is 0 Å². The second kappa shape index (κ2) is 7.64. The van der Waals surface area contributed by atoms with E-state index in [2.05, 4.69) is 4.72 Å². The van der Waals surface area contributed by atoms with Crippen LogP contribution >= 0.6 is 0 Å². The Hall–Kier alpha value is -2.25. The predicted octanol–water partition coefficient (Wildman–Crippen LogP) is 3.53. The van der Waals surface area contributed by atoms with E-state index in [0.717, 1.165) is 12.0 Å². The number of halogens is 1. The van der Waals surface area contributed by atoms with Gasteiger partial charge in [-0.05, 0) is 69.2 Å². The van der Waals surface area contributed by atoms with Crippen molar-refractivity contribution in [1.29, 1.82) is 0 Å². The summed E-state index contributed by atoms with van der Waals surface area (Å²) in [5.41, 5.74) is 0.744. The van der Waals surface area contributed by atoms with Crippen LogP contribution in [0.1, 0.15) is 49.0 Å². The summed E-state index contributed by atoms with van der Waals surface area (Å²) in [7, 11) is -3.64. The highest BCUT2D eigenvalue weighted by Crippen LogP contribution is 2.28. The molecule has 1 fully saturated rings. The normalized spacial score (nSPS) is 17.7. The van der Waals surface area contributed by atoms with Crippen LogP contribution in [0.4, 0.5) is 4.39 Å². The Balaban J connectivity index is 1.70. The lowest BCUT2D eigenvalue weighted by Gasteiger charge is -2.20. The van der Waals surface area contributed by atoms with Crippen molar-refractivity contribution in [3.8, 4) is 0 Å². The van der Waals surface area contributed by atoms with E-state index in [9.17, 15) is 17.6 Å². The van der Waals surface area contributed by atoms with Crippen LogP contribution in [0.15, 0.2) is 53.4 Å². The van der Waals surface area contributed by atoms with Crippen molar-refractivity contribution in [1.82, 2.24) is 9.62 Å². The van der Waals surface area contributed by atoms with Crippen molar-refractivity contribution in [2.24, 2.45) is 0 Å². The van der Waals surface area contributed by atoms with Gasteiger partial charge < -0.3 is 4.90 Å². The van der Waals surface area contributed by atoms with Gasteiger partial charge in [0.1, 0.15) is 5.82 Å². The molecule has 2 aromatic carbocycles.